The summed E-state index contributed by atoms with van der Waals surface area (Å²) in [5, 5.41) is 5.84. The van der Waals surface area contributed by atoms with Gasteiger partial charge in [-0.25, -0.2) is 0 Å². The molecule has 2 aromatic carbocycles. The highest BCUT2D eigenvalue weighted by molar-refractivity contribution is 6.37. The number of hydrogen-bond acceptors (Lipinski definition) is 3. The molecule has 7 heteroatoms. The van der Waals surface area contributed by atoms with Crippen LogP contribution in [0, 0.1) is 0 Å². The van der Waals surface area contributed by atoms with Crippen molar-refractivity contribution >= 4 is 40.7 Å². The van der Waals surface area contributed by atoms with Crippen LogP contribution in [0.4, 0.5) is 5.69 Å². The van der Waals surface area contributed by atoms with Gasteiger partial charge in [-0.1, -0.05) is 29.3 Å². The zero-order valence-electron chi connectivity index (χ0n) is 12.2. The molecule has 2 rings (SSSR count). The van der Waals surface area contributed by atoms with Gasteiger partial charge in [-0.05, 0) is 36.4 Å². The molecule has 0 aliphatic carbocycles. The van der Waals surface area contributed by atoms with Crippen molar-refractivity contribution in [1.82, 2.24) is 5.32 Å². The maximum atomic E-state index is 11.9. The summed E-state index contributed by atoms with van der Waals surface area (Å²) in [6.45, 7) is -0.235. The van der Waals surface area contributed by atoms with Crippen LogP contribution in [0.25, 0.3) is 0 Å². The van der Waals surface area contributed by atoms with E-state index in [1.807, 2.05) is 0 Å². The summed E-state index contributed by atoms with van der Waals surface area (Å²) >= 11 is 11.9. The summed E-state index contributed by atoms with van der Waals surface area (Å²) in [6.07, 6.45) is 0. The van der Waals surface area contributed by atoms with Crippen molar-refractivity contribution in [3.8, 4) is 5.75 Å². The smallest absolute Gasteiger partial charge is 0.262 e. The van der Waals surface area contributed by atoms with Gasteiger partial charge in [0.25, 0.3) is 11.8 Å². The summed E-state index contributed by atoms with van der Waals surface area (Å²) < 4.78 is 5.34. The lowest BCUT2D eigenvalue weighted by atomic mass is 10.2. The Hall–Kier alpha value is -2.24. The third-order valence-corrected chi connectivity index (χ3v) is 3.52. The number of ether oxygens (including phenoxy) is 1. The molecule has 0 saturated carbocycles. The number of anilines is 1. The minimum atomic E-state index is -0.367. The van der Waals surface area contributed by atoms with E-state index in [0.717, 1.165) is 0 Å². The lowest BCUT2D eigenvalue weighted by Gasteiger charge is -2.10. The van der Waals surface area contributed by atoms with Crippen LogP contribution < -0.4 is 15.4 Å². The number of carbonyl (C=O) groups excluding carboxylic acids is 2. The highest BCUT2D eigenvalue weighted by Gasteiger charge is 2.10. The topological polar surface area (TPSA) is 67.4 Å². The van der Waals surface area contributed by atoms with Gasteiger partial charge in [0.1, 0.15) is 0 Å². The fourth-order valence-corrected chi connectivity index (χ4v) is 2.31. The molecule has 120 valence electrons. The van der Waals surface area contributed by atoms with Crippen molar-refractivity contribution in [2.24, 2.45) is 0 Å². The molecule has 0 aromatic heterocycles. The van der Waals surface area contributed by atoms with Gasteiger partial charge in [-0.2, -0.15) is 0 Å². The Bertz CT molecular complexity index is 698. The molecule has 0 heterocycles. The van der Waals surface area contributed by atoms with Crippen LogP contribution in [0.1, 0.15) is 10.4 Å². The number of para-hydroxylation sites is 1. The van der Waals surface area contributed by atoms with Gasteiger partial charge in [-0.3, -0.25) is 9.59 Å². The Labute approximate surface area is 143 Å². The zero-order valence-corrected chi connectivity index (χ0v) is 13.7. The molecular formula is C16H14Cl2N2O3. The molecule has 0 fully saturated rings. The quantitative estimate of drug-likeness (QED) is 0.866. The van der Waals surface area contributed by atoms with E-state index >= 15 is 0 Å². The van der Waals surface area contributed by atoms with Crippen LogP contribution in [0.15, 0.2) is 42.5 Å². The van der Waals surface area contributed by atoms with Gasteiger partial charge in [0.15, 0.2) is 12.4 Å². The predicted molar refractivity (Wildman–Crippen MR) is 90.4 cm³/mol. The second kappa shape index (κ2) is 7.85. The number of halogens is 2. The van der Waals surface area contributed by atoms with Gasteiger partial charge < -0.3 is 15.4 Å². The summed E-state index contributed by atoms with van der Waals surface area (Å²) in [5.74, 6) is -0.297. The largest absolute Gasteiger partial charge is 0.481 e. The molecule has 0 spiro atoms. The highest BCUT2D eigenvalue weighted by atomic mass is 35.5. The monoisotopic (exact) mass is 352 g/mol. The third kappa shape index (κ3) is 4.61. The van der Waals surface area contributed by atoms with E-state index in [2.05, 4.69) is 10.6 Å². The van der Waals surface area contributed by atoms with E-state index in [9.17, 15) is 9.59 Å². The van der Waals surface area contributed by atoms with Gasteiger partial charge in [0, 0.05) is 18.3 Å². The molecule has 0 aliphatic rings. The first-order chi connectivity index (χ1) is 11.0. The first-order valence-corrected chi connectivity index (χ1v) is 7.45. The lowest BCUT2D eigenvalue weighted by molar-refractivity contribution is -0.118. The van der Waals surface area contributed by atoms with E-state index in [1.54, 1.807) is 49.5 Å². The number of nitrogens with one attached hydrogen (secondary N) is 2. The number of carbonyl (C=O) groups is 2. The van der Waals surface area contributed by atoms with Gasteiger partial charge in [-0.15, -0.1) is 0 Å². The molecule has 23 heavy (non-hydrogen) atoms. The molecule has 2 amide bonds. The molecule has 2 aromatic rings. The molecule has 0 atom stereocenters. The fourth-order valence-electron chi connectivity index (χ4n) is 1.80. The minimum Gasteiger partial charge on any atom is -0.481 e. The van der Waals surface area contributed by atoms with Gasteiger partial charge in [0.2, 0.25) is 0 Å². The van der Waals surface area contributed by atoms with E-state index in [0.29, 0.717) is 21.3 Å². The molecule has 5 nitrogen and oxygen atoms in total. The molecule has 0 radical (unpaired) electrons. The Morgan fingerprint density at radius 3 is 2.22 bits per heavy atom. The fraction of sp³-hybridized carbons (Fsp3) is 0.125. The summed E-state index contributed by atoms with van der Waals surface area (Å²) in [6, 6.07) is 11.4. The zero-order chi connectivity index (χ0) is 16.8. The van der Waals surface area contributed by atoms with E-state index < -0.39 is 0 Å². The van der Waals surface area contributed by atoms with Crippen molar-refractivity contribution in [1.29, 1.82) is 0 Å². The van der Waals surface area contributed by atoms with E-state index in [-0.39, 0.29) is 24.2 Å². The molecule has 2 N–H and O–H groups in total. The number of benzene rings is 2. The SMILES string of the molecule is CNC(=O)c1ccc(NC(=O)COc2c(Cl)cccc2Cl)cc1. The van der Waals surface area contributed by atoms with Crippen LogP contribution in [-0.4, -0.2) is 25.5 Å². The van der Waals surface area contributed by atoms with Crippen molar-refractivity contribution < 1.29 is 14.3 Å². The number of amides is 2. The van der Waals surface area contributed by atoms with Crippen molar-refractivity contribution in [2.75, 3.05) is 19.0 Å². The highest BCUT2D eigenvalue weighted by Crippen LogP contribution is 2.32. The Morgan fingerprint density at radius 1 is 1.04 bits per heavy atom. The second-order valence-corrected chi connectivity index (χ2v) is 5.36. The molecule has 0 bridgehead atoms. The molecule has 0 unspecified atom stereocenters. The lowest BCUT2D eigenvalue weighted by Crippen LogP contribution is -2.21. The molecule has 0 aliphatic heterocycles. The number of rotatable bonds is 5. The number of hydrogen-bond donors (Lipinski definition) is 2. The average molecular weight is 353 g/mol. The van der Waals surface area contributed by atoms with Crippen LogP contribution in [-0.2, 0) is 4.79 Å². The second-order valence-electron chi connectivity index (χ2n) is 4.54. The van der Waals surface area contributed by atoms with Gasteiger partial charge in [0.05, 0.1) is 10.0 Å². The predicted octanol–water partition coefficient (Wildman–Crippen LogP) is 3.37. The first kappa shape index (κ1) is 17.1. The first-order valence-electron chi connectivity index (χ1n) is 6.70. The molecule has 0 saturated heterocycles. The normalized spacial score (nSPS) is 10.0. The summed E-state index contributed by atoms with van der Waals surface area (Å²) in [7, 11) is 1.55. The van der Waals surface area contributed by atoms with E-state index in [4.69, 9.17) is 27.9 Å². The van der Waals surface area contributed by atoms with Crippen LogP contribution in [0.5, 0.6) is 5.75 Å². The van der Waals surface area contributed by atoms with Crippen molar-refractivity contribution in [2.45, 2.75) is 0 Å². The maximum absolute atomic E-state index is 11.9. The van der Waals surface area contributed by atoms with Crippen molar-refractivity contribution in [3.63, 3.8) is 0 Å². The third-order valence-electron chi connectivity index (χ3n) is 2.92. The summed E-state index contributed by atoms with van der Waals surface area (Å²) in [4.78, 5) is 23.3. The van der Waals surface area contributed by atoms with Crippen LogP contribution in [0.2, 0.25) is 10.0 Å². The average Bonchev–Trinajstić information content (AvgIpc) is 2.54. The van der Waals surface area contributed by atoms with E-state index in [1.165, 1.54) is 0 Å². The maximum Gasteiger partial charge on any atom is 0.262 e. The molecular weight excluding hydrogens is 339 g/mol. The Morgan fingerprint density at radius 2 is 1.65 bits per heavy atom. The van der Waals surface area contributed by atoms with Crippen LogP contribution >= 0.6 is 23.2 Å². The summed E-state index contributed by atoms with van der Waals surface area (Å²) in [5.41, 5.74) is 1.06. The standard InChI is InChI=1S/C16H14Cl2N2O3/c1-19-16(22)10-5-7-11(8-6-10)20-14(21)9-23-15-12(17)3-2-4-13(15)18/h2-8H,9H2,1H3,(H,19,22)(H,20,21). The van der Waals surface area contributed by atoms with Gasteiger partial charge >= 0.3 is 0 Å². The minimum absolute atomic E-state index is 0.195. The Balaban J connectivity index is 1.93. The van der Waals surface area contributed by atoms with Crippen molar-refractivity contribution in [3.05, 3.63) is 58.1 Å². The Kier molecular flexibility index (Phi) is 5.84. The van der Waals surface area contributed by atoms with Crippen LogP contribution in [0.3, 0.4) is 0 Å².